The number of fused-ring (bicyclic) bond motifs is 3. The summed E-state index contributed by atoms with van der Waals surface area (Å²) in [5.74, 6) is 0.469. The molecule has 8 aromatic rings. The summed E-state index contributed by atoms with van der Waals surface area (Å²) in [5.41, 5.74) is 11.3. The van der Waals surface area contributed by atoms with E-state index in [2.05, 4.69) is 83.4 Å². The number of pyridine rings is 3. The van der Waals surface area contributed by atoms with Crippen molar-refractivity contribution in [1.82, 2.24) is 15.0 Å². The van der Waals surface area contributed by atoms with Crippen molar-refractivity contribution in [3.63, 3.8) is 0 Å². The molecule has 0 bridgehead atoms. The number of aryl methyl sites for hydroxylation is 2. The zero-order chi connectivity index (χ0) is 33.3. The van der Waals surface area contributed by atoms with Crippen LogP contribution in [0.2, 0.25) is 0 Å². The predicted octanol–water partition coefficient (Wildman–Crippen LogP) is 11.3. The van der Waals surface area contributed by atoms with Crippen LogP contribution in [0, 0.1) is 32.0 Å². The molecule has 4 aromatic heterocycles. The van der Waals surface area contributed by atoms with E-state index in [0.717, 1.165) is 55.7 Å². The summed E-state index contributed by atoms with van der Waals surface area (Å²) >= 11 is 0. The Morgan fingerprint density at radius 2 is 1.18 bits per heavy atom. The van der Waals surface area contributed by atoms with Crippen molar-refractivity contribution in [1.29, 1.82) is 0 Å². The van der Waals surface area contributed by atoms with Crippen LogP contribution in [0.5, 0.6) is 0 Å². The van der Waals surface area contributed by atoms with E-state index in [1.165, 1.54) is 16.7 Å². The average molecular weight is 815 g/mol. The first-order chi connectivity index (χ1) is 23.5. The third kappa shape index (κ3) is 8.83. The van der Waals surface area contributed by atoms with Gasteiger partial charge >= 0.3 is 20.1 Å². The second-order valence-electron chi connectivity index (χ2n) is 11.8. The second kappa shape index (κ2) is 16.7. The molecule has 4 aromatic carbocycles. The number of hydrogen-bond donors (Lipinski definition) is 0. The Hall–Kier alpha value is -5.22. The van der Waals surface area contributed by atoms with E-state index in [1.54, 1.807) is 0 Å². The van der Waals surface area contributed by atoms with Crippen LogP contribution in [0.4, 0.5) is 0 Å². The van der Waals surface area contributed by atoms with Gasteiger partial charge in [-0.05, 0) is 60.1 Å². The van der Waals surface area contributed by atoms with Gasteiger partial charge in [0.1, 0.15) is 5.58 Å². The maximum absolute atomic E-state index is 6.07. The van der Waals surface area contributed by atoms with Gasteiger partial charge in [0, 0.05) is 24.0 Å². The standard InChI is InChI=1S/C20H16NO.2C12H10N.Ir/c1-13(2)14-10-11-21-18(12-14)17-8-5-7-16-15-6-3-4-9-19(15)22-20(16)17;2*1-10-7-8-12(13-9-10)11-5-3-2-4-6-11;/h3-7,9-13H,1-2H3;2*2-5,7-9H,1H3;/q3*-1;+3. The van der Waals surface area contributed by atoms with Crippen LogP contribution in [0.25, 0.3) is 55.7 Å². The molecule has 4 heterocycles. The molecule has 0 radical (unpaired) electrons. The number of nitrogens with zero attached hydrogens (tertiary/aromatic N) is 3. The Morgan fingerprint density at radius 3 is 1.73 bits per heavy atom. The maximum Gasteiger partial charge on any atom is 3.00 e. The fourth-order valence-corrected chi connectivity index (χ4v) is 5.18. The first-order valence-electron chi connectivity index (χ1n) is 16.0. The second-order valence-corrected chi connectivity index (χ2v) is 11.8. The first kappa shape index (κ1) is 35.1. The topological polar surface area (TPSA) is 51.8 Å². The first-order valence-corrected chi connectivity index (χ1v) is 16.0. The predicted molar refractivity (Wildman–Crippen MR) is 196 cm³/mol. The molecule has 0 saturated carbocycles. The van der Waals surface area contributed by atoms with E-state index in [1.807, 2.05) is 117 Å². The normalized spacial score (nSPS) is 10.5. The van der Waals surface area contributed by atoms with Gasteiger partial charge in [-0.15, -0.1) is 90.0 Å². The van der Waals surface area contributed by atoms with Gasteiger partial charge in [0.25, 0.3) is 0 Å². The molecule has 0 fully saturated rings. The van der Waals surface area contributed by atoms with Gasteiger partial charge in [-0.1, -0.05) is 78.9 Å². The van der Waals surface area contributed by atoms with Crippen LogP contribution in [0.1, 0.15) is 36.5 Å². The summed E-state index contributed by atoms with van der Waals surface area (Å²) in [6, 6.07) is 49.7. The van der Waals surface area contributed by atoms with E-state index in [0.29, 0.717) is 5.92 Å². The van der Waals surface area contributed by atoms with Crippen molar-refractivity contribution in [2.24, 2.45) is 0 Å². The Bertz CT molecular complexity index is 2130. The van der Waals surface area contributed by atoms with Crippen LogP contribution < -0.4 is 0 Å². The van der Waals surface area contributed by atoms with Crippen LogP contribution >= 0.6 is 0 Å². The number of para-hydroxylation sites is 1. The van der Waals surface area contributed by atoms with Crippen molar-refractivity contribution in [2.75, 3.05) is 0 Å². The molecule has 0 unspecified atom stereocenters. The number of furan rings is 1. The molecular weight excluding hydrogens is 779 g/mol. The van der Waals surface area contributed by atoms with Gasteiger partial charge in [-0.3, -0.25) is 0 Å². The number of aromatic nitrogens is 3. The minimum Gasteiger partial charge on any atom is -0.501 e. The SMILES string of the molecule is CC(C)c1ccnc(-c2[c-]ccc3c2oc2ccccc23)c1.Cc1ccc(-c2[c-]cccc2)nc1.Cc1ccc(-c2[c-]cccc2)nc1.[Ir+3]. The minimum atomic E-state index is 0. The quantitative estimate of drug-likeness (QED) is 0.166. The minimum absolute atomic E-state index is 0. The van der Waals surface area contributed by atoms with Gasteiger partial charge in [0.05, 0.1) is 5.58 Å². The van der Waals surface area contributed by atoms with Gasteiger partial charge in [0.2, 0.25) is 0 Å². The maximum atomic E-state index is 6.07. The largest absolute Gasteiger partial charge is 3.00 e. The monoisotopic (exact) mass is 815 g/mol. The Balaban J connectivity index is 0.000000150. The fourth-order valence-electron chi connectivity index (χ4n) is 5.18. The number of benzene rings is 4. The molecule has 0 atom stereocenters. The van der Waals surface area contributed by atoms with E-state index >= 15 is 0 Å². The van der Waals surface area contributed by atoms with Crippen molar-refractivity contribution >= 4 is 21.9 Å². The van der Waals surface area contributed by atoms with Gasteiger partial charge in [-0.2, -0.15) is 0 Å². The zero-order valence-corrected chi connectivity index (χ0v) is 30.3. The van der Waals surface area contributed by atoms with Crippen LogP contribution in [0.3, 0.4) is 0 Å². The van der Waals surface area contributed by atoms with Crippen molar-refractivity contribution in [3.8, 4) is 33.8 Å². The third-order valence-corrected chi connectivity index (χ3v) is 7.84. The van der Waals surface area contributed by atoms with Gasteiger partial charge < -0.3 is 19.4 Å². The molecule has 242 valence electrons. The molecule has 5 heteroatoms. The summed E-state index contributed by atoms with van der Waals surface area (Å²) < 4.78 is 6.07. The molecule has 8 rings (SSSR count). The summed E-state index contributed by atoms with van der Waals surface area (Å²) in [6.45, 7) is 8.44. The number of rotatable bonds is 4. The van der Waals surface area contributed by atoms with Crippen LogP contribution in [-0.2, 0) is 20.1 Å². The van der Waals surface area contributed by atoms with Crippen LogP contribution in [0.15, 0.2) is 144 Å². The Morgan fingerprint density at radius 1 is 0.571 bits per heavy atom. The summed E-state index contributed by atoms with van der Waals surface area (Å²) in [4.78, 5) is 13.2. The molecule has 0 aliphatic carbocycles. The zero-order valence-electron chi connectivity index (χ0n) is 27.9. The molecule has 0 spiro atoms. The van der Waals surface area contributed by atoms with E-state index in [4.69, 9.17) is 4.42 Å². The van der Waals surface area contributed by atoms with E-state index in [-0.39, 0.29) is 20.1 Å². The summed E-state index contributed by atoms with van der Waals surface area (Å²) in [5, 5.41) is 2.24. The fraction of sp³-hybridized carbons (Fsp3) is 0.114. The average Bonchev–Trinajstić information content (AvgIpc) is 3.53. The van der Waals surface area contributed by atoms with E-state index < -0.39 is 0 Å². The smallest absolute Gasteiger partial charge is 0.501 e. The molecular formula is C44H36IrN3O. The Labute approximate surface area is 302 Å². The van der Waals surface area contributed by atoms with Crippen LogP contribution in [-0.4, -0.2) is 15.0 Å². The molecule has 0 aliphatic rings. The molecule has 49 heavy (non-hydrogen) atoms. The molecule has 0 saturated heterocycles. The van der Waals surface area contributed by atoms with Crippen molar-refractivity contribution in [2.45, 2.75) is 33.6 Å². The van der Waals surface area contributed by atoms with E-state index in [9.17, 15) is 0 Å². The van der Waals surface area contributed by atoms with Crippen molar-refractivity contribution in [3.05, 3.63) is 175 Å². The van der Waals surface area contributed by atoms with Gasteiger partial charge in [-0.25, -0.2) is 0 Å². The van der Waals surface area contributed by atoms with Gasteiger partial charge in [0.15, 0.2) is 0 Å². The molecule has 0 amide bonds. The molecule has 0 N–H and O–H groups in total. The Kier molecular flexibility index (Phi) is 12.0. The summed E-state index contributed by atoms with van der Waals surface area (Å²) in [6.07, 6.45) is 5.60. The number of hydrogen-bond acceptors (Lipinski definition) is 4. The third-order valence-electron chi connectivity index (χ3n) is 7.84. The molecule has 4 nitrogen and oxygen atoms in total. The van der Waals surface area contributed by atoms with Crippen molar-refractivity contribution < 1.29 is 24.5 Å². The summed E-state index contributed by atoms with van der Waals surface area (Å²) in [7, 11) is 0. The molecule has 0 aliphatic heterocycles.